The quantitative estimate of drug-likeness (QED) is 0.563. The molecule has 4 atom stereocenters. The maximum Gasteiger partial charge on any atom is 0.108 e. The molecule has 1 saturated heterocycles. The third-order valence-electron chi connectivity index (χ3n) is 5.42. The molecule has 0 saturated carbocycles. The highest BCUT2D eigenvalue weighted by molar-refractivity contribution is 5.19. The molecule has 1 fully saturated rings. The molecule has 2 unspecified atom stereocenters. The molecule has 3 aromatic carbocycles. The highest BCUT2D eigenvalue weighted by Crippen LogP contribution is 2.33. The lowest BCUT2D eigenvalue weighted by Gasteiger charge is -2.20. The van der Waals surface area contributed by atoms with Crippen molar-refractivity contribution in [2.45, 2.75) is 44.1 Å². The predicted octanol–water partition coefficient (Wildman–Crippen LogP) is 4.68. The number of benzene rings is 3. The van der Waals surface area contributed by atoms with Gasteiger partial charge in [-0.05, 0) is 16.7 Å². The Morgan fingerprint density at radius 2 is 1.37 bits per heavy atom. The second-order valence-corrected chi connectivity index (χ2v) is 7.64. The van der Waals surface area contributed by atoms with Crippen LogP contribution in [0.1, 0.15) is 29.2 Å². The Labute approximate surface area is 178 Å². The van der Waals surface area contributed by atoms with Crippen LogP contribution in [0.4, 0.5) is 0 Å². The Morgan fingerprint density at radius 1 is 0.800 bits per heavy atom. The fourth-order valence-corrected chi connectivity index (χ4v) is 3.78. The van der Waals surface area contributed by atoms with E-state index in [1.807, 2.05) is 91.0 Å². The van der Waals surface area contributed by atoms with Crippen LogP contribution in [0, 0.1) is 0 Å². The highest BCUT2D eigenvalue weighted by Gasteiger charge is 2.40. The first-order valence-corrected chi connectivity index (χ1v) is 10.5. The molecule has 4 nitrogen and oxygen atoms in total. The Kier molecular flexibility index (Phi) is 7.27. The molecule has 1 heterocycles. The topological polar surface area (TPSA) is 47.9 Å². The lowest BCUT2D eigenvalue weighted by atomic mass is 10.0. The van der Waals surface area contributed by atoms with E-state index in [1.165, 1.54) is 0 Å². The van der Waals surface area contributed by atoms with Gasteiger partial charge in [0.25, 0.3) is 0 Å². The predicted molar refractivity (Wildman–Crippen MR) is 116 cm³/mol. The highest BCUT2D eigenvalue weighted by atomic mass is 16.6. The molecular formula is C26H28O4. The average Bonchev–Trinajstić information content (AvgIpc) is 3.22. The third kappa shape index (κ3) is 5.55. The zero-order valence-corrected chi connectivity index (χ0v) is 17.0. The van der Waals surface area contributed by atoms with Gasteiger partial charge in [-0.3, -0.25) is 0 Å². The van der Waals surface area contributed by atoms with Crippen LogP contribution in [0.2, 0.25) is 0 Å². The van der Waals surface area contributed by atoms with Crippen LogP contribution in [0.25, 0.3) is 0 Å². The monoisotopic (exact) mass is 404 g/mol. The van der Waals surface area contributed by atoms with Crippen molar-refractivity contribution in [1.82, 2.24) is 0 Å². The minimum atomic E-state index is -0.687. The van der Waals surface area contributed by atoms with Crippen LogP contribution in [0.5, 0.6) is 0 Å². The lowest BCUT2D eigenvalue weighted by Crippen LogP contribution is -2.29. The zero-order chi connectivity index (χ0) is 20.6. The first kappa shape index (κ1) is 20.8. The molecule has 0 bridgehead atoms. The van der Waals surface area contributed by atoms with E-state index in [9.17, 15) is 5.11 Å². The number of rotatable bonds is 9. The van der Waals surface area contributed by atoms with Gasteiger partial charge < -0.3 is 19.3 Å². The van der Waals surface area contributed by atoms with Crippen molar-refractivity contribution in [3.8, 4) is 0 Å². The second-order valence-electron chi connectivity index (χ2n) is 7.64. The van der Waals surface area contributed by atoms with Crippen LogP contribution in [0.15, 0.2) is 91.0 Å². The second kappa shape index (κ2) is 10.5. The molecule has 0 amide bonds. The van der Waals surface area contributed by atoms with Gasteiger partial charge in [0, 0.05) is 6.42 Å². The van der Waals surface area contributed by atoms with E-state index < -0.39 is 6.10 Å². The molecule has 0 radical (unpaired) electrons. The summed E-state index contributed by atoms with van der Waals surface area (Å²) in [5, 5.41) is 10.8. The number of hydrogen-bond donors (Lipinski definition) is 1. The van der Waals surface area contributed by atoms with Gasteiger partial charge in [0.05, 0.1) is 32.0 Å². The third-order valence-corrected chi connectivity index (χ3v) is 5.42. The molecule has 156 valence electrons. The summed E-state index contributed by atoms with van der Waals surface area (Å²) >= 11 is 0. The Morgan fingerprint density at radius 3 is 2.00 bits per heavy atom. The van der Waals surface area contributed by atoms with Crippen molar-refractivity contribution >= 4 is 0 Å². The van der Waals surface area contributed by atoms with Gasteiger partial charge >= 0.3 is 0 Å². The standard InChI is InChI=1S/C26H28O4/c27-26(22-14-8-3-9-15-22)24-16-23(29-18-21-12-6-2-7-13-21)25(30-24)19-28-17-20-10-4-1-5-11-20/h1-15,23-27H,16-19H2/t23-,24?,25+,26?/m0/s1. The van der Waals surface area contributed by atoms with Crippen molar-refractivity contribution in [2.24, 2.45) is 0 Å². The number of ether oxygens (including phenoxy) is 3. The summed E-state index contributed by atoms with van der Waals surface area (Å²) in [6, 6.07) is 29.8. The molecule has 4 rings (SSSR count). The maximum absolute atomic E-state index is 10.8. The van der Waals surface area contributed by atoms with E-state index in [2.05, 4.69) is 0 Å². The van der Waals surface area contributed by atoms with Gasteiger partial charge in [0.15, 0.2) is 0 Å². The van der Waals surface area contributed by atoms with Crippen molar-refractivity contribution in [1.29, 1.82) is 0 Å². The van der Waals surface area contributed by atoms with E-state index in [4.69, 9.17) is 14.2 Å². The SMILES string of the molecule is OC(c1ccccc1)C1C[C@H](OCc2ccccc2)[C@@H](COCc2ccccc2)O1. The van der Waals surface area contributed by atoms with Crippen molar-refractivity contribution in [3.05, 3.63) is 108 Å². The molecule has 0 aliphatic carbocycles. The summed E-state index contributed by atoms with van der Waals surface area (Å²) in [7, 11) is 0. The van der Waals surface area contributed by atoms with Crippen LogP contribution in [-0.4, -0.2) is 30.0 Å². The van der Waals surface area contributed by atoms with E-state index >= 15 is 0 Å². The maximum atomic E-state index is 10.8. The van der Waals surface area contributed by atoms with E-state index in [1.54, 1.807) is 0 Å². The van der Waals surface area contributed by atoms with Crippen molar-refractivity contribution < 1.29 is 19.3 Å². The molecule has 0 aromatic heterocycles. The summed E-state index contributed by atoms with van der Waals surface area (Å²) in [5.74, 6) is 0. The number of hydrogen-bond acceptors (Lipinski definition) is 4. The minimum Gasteiger partial charge on any atom is -0.386 e. The van der Waals surface area contributed by atoms with Crippen LogP contribution in [0.3, 0.4) is 0 Å². The van der Waals surface area contributed by atoms with Gasteiger partial charge in [-0.25, -0.2) is 0 Å². The van der Waals surface area contributed by atoms with Crippen LogP contribution >= 0.6 is 0 Å². The Balaban J connectivity index is 1.38. The van der Waals surface area contributed by atoms with E-state index in [-0.39, 0.29) is 18.3 Å². The fourth-order valence-electron chi connectivity index (χ4n) is 3.78. The summed E-state index contributed by atoms with van der Waals surface area (Å²) in [5.41, 5.74) is 3.10. The smallest absolute Gasteiger partial charge is 0.108 e. The van der Waals surface area contributed by atoms with E-state index in [0.717, 1.165) is 16.7 Å². The Hall–Kier alpha value is -2.50. The summed E-state index contributed by atoms with van der Waals surface area (Å²) < 4.78 is 18.4. The summed E-state index contributed by atoms with van der Waals surface area (Å²) in [6.07, 6.45) is -0.737. The first-order valence-electron chi connectivity index (χ1n) is 10.5. The average molecular weight is 405 g/mol. The summed E-state index contributed by atoms with van der Waals surface area (Å²) in [6.45, 7) is 1.46. The van der Waals surface area contributed by atoms with Crippen molar-refractivity contribution in [3.63, 3.8) is 0 Å². The molecular weight excluding hydrogens is 376 g/mol. The molecule has 1 aliphatic rings. The van der Waals surface area contributed by atoms with Gasteiger partial charge in [-0.2, -0.15) is 0 Å². The minimum absolute atomic E-state index is 0.135. The van der Waals surface area contributed by atoms with Crippen LogP contribution < -0.4 is 0 Å². The largest absolute Gasteiger partial charge is 0.386 e. The number of aliphatic hydroxyl groups is 1. The van der Waals surface area contributed by atoms with Gasteiger partial charge in [-0.1, -0.05) is 91.0 Å². The van der Waals surface area contributed by atoms with Gasteiger partial charge in [0.1, 0.15) is 12.2 Å². The van der Waals surface area contributed by atoms with Crippen molar-refractivity contribution in [2.75, 3.05) is 6.61 Å². The lowest BCUT2D eigenvalue weighted by molar-refractivity contribution is -0.0902. The normalized spacial score (nSPS) is 22.1. The molecule has 30 heavy (non-hydrogen) atoms. The fraction of sp³-hybridized carbons (Fsp3) is 0.308. The molecule has 3 aromatic rings. The molecule has 1 N–H and O–H groups in total. The molecule has 4 heteroatoms. The molecule has 1 aliphatic heterocycles. The van der Waals surface area contributed by atoms with Gasteiger partial charge in [-0.15, -0.1) is 0 Å². The number of aliphatic hydroxyl groups excluding tert-OH is 1. The summed E-state index contributed by atoms with van der Waals surface area (Å²) in [4.78, 5) is 0. The zero-order valence-electron chi connectivity index (χ0n) is 17.0. The van der Waals surface area contributed by atoms with E-state index in [0.29, 0.717) is 26.2 Å². The van der Waals surface area contributed by atoms with Crippen LogP contribution in [-0.2, 0) is 27.4 Å². The Bertz CT molecular complexity index is 869. The molecule has 0 spiro atoms. The first-order chi connectivity index (χ1) is 14.8. The van der Waals surface area contributed by atoms with Gasteiger partial charge in [0.2, 0.25) is 0 Å².